The van der Waals surface area contributed by atoms with Gasteiger partial charge in [-0.3, -0.25) is 0 Å². The van der Waals surface area contributed by atoms with Gasteiger partial charge in [0.2, 0.25) is 0 Å². The van der Waals surface area contributed by atoms with E-state index >= 15 is 0 Å². The Morgan fingerprint density at radius 2 is 2.20 bits per heavy atom. The van der Waals surface area contributed by atoms with E-state index in [4.69, 9.17) is 0 Å². The Kier molecular flexibility index (Phi) is 4.29. The van der Waals surface area contributed by atoms with E-state index in [9.17, 15) is 13.2 Å². The SMILES string of the molecule is FC(F)(F)COCCNc1ccncn1. The van der Waals surface area contributed by atoms with Crippen molar-refractivity contribution < 1.29 is 17.9 Å². The van der Waals surface area contributed by atoms with Gasteiger partial charge in [0.25, 0.3) is 0 Å². The van der Waals surface area contributed by atoms with Crippen LogP contribution in [-0.4, -0.2) is 35.9 Å². The van der Waals surface area contributed by atoms with E-state index in [1.165, 1.54) is 12.5 Å². The minimum atomic E-state index is -4.27. The van der Waals surface area contributed by atoms with E-state index in [1.807, 2.05) is 0 Å². The lowest BCUT2D eigenvalue weighted by atomic mass is 10.5. The number of alkyl halides is 3. The van der Waals surface area contributed by atoms with Crippen LogP contribution in [0.2, 0.25) is 0 Å². The molecule has 0 radical (unpaired) electrons. The van der Waals surface area contributed by atoms with Crippen molar-refractivity contribution in [1.82, 2.24) is 9.97 Å². The molecule has 0 aliphatic rings. The van der Waals surface area contributed by atoms with Gasteiger partial charge in [0.15, 0.2) is 0 Å². The summed E-state index contributed by atoms with van der Waals surface area (Å²) in [5.74, 6) is 0.556. The molecule has 15 heavy (non-hydrogen) atoms. The first-order valence-electron chi connectivity index (χ1n) is 4.22. The molecule has 0 fully saturated rings. The van der Waals surface area contributed by atoms with Crippen molar-refractivity contribution in [2.75, 3.05) is 25.1 Å². The molecule has 0 spiro atoms. The van der Waals surface area contributed by atoms with Crippen LogP contribution in [0.5, 0.6) is 0 Å². The predicted molar refractivity (Wildman–Crippen MR) is 47.4 cm³/mol. The molecule has 4 nitrogen and oxygen atoms in total. The van der Waals surface area contributed by atoms with Crippen LogP contribution in [0.15, 0.2) is 18.6 Å². The molecule has 1 heterocycles. The van der Waals surface area contributed by atoms with Gasteiger partial charge in [0.1, 0.15) is 18.8 Å². The summed E-state index contributed by atoms with van der Waals surface area (Å²) in [6.07, 6.45) is -1.39. The van der Waals surface area contributed by atoms with Crippen molar-refractivity contribution in [3.05, 3.63) is 18.6 Å². The molecule has 0 bridgehead atoms. The molecule has 1 N–H and O–H groups in total. The van der Waals surface area contributed by atoms with Gasteiger partial charge in [-0.1, -0.05) is 0 Å². The fraction of sp³-hybridized carbons (Fsp3) is 0.500. The summed E-state index contributed by atoms with van der Waals surface area (Å²) in [5.41, 5.74) is 0. The highest BCUT2D eigenvalue weighted by molar-refractivity contribution is 5.31. The first kappa shape index (κ1) is 11.7. The van der Waals surface area contributed by atoms with Gasteiger partial charge in [-0.25, -0.2) is 9.97 Å². The third-order valence-electron chi connectivity index (χ3n) is 1.40. The van der Waals surface area contributed by atoms with Crippen LogP contribution in [0.3, 0.4) is 0 Å². The lowest BCUT2D eigenvalue weighted by molar-refractivity contribution is -0.172. The van der Waals surface area contributed by atoms with E-state index in [-0.39, 0.29) is 13.2 Å². The number of hydrogen-bond donors (Lipinski definition) is 1. The van der Waals surface area contributed by atoms with Crippen LogP contribution in [0.4, 0.5) is 19.0 Å². The molecule has 0 unspecified atom stereocenters. The minimum absolute atomic E-state index is 0.0243. The Hall–Kier alpha value is -1.37. The Morgan fingerprint density at radius 3 is 2.80 bits per heavy atom. The van der Waals surface area contributed by atoms with Crippen molar-refractivity contribution in [1.29, 1.82) is 0 Å². The van der Waals surface area contributed by atoms with E-state index in [2.05, 4.69) is 20.0 Å². The second-order valence-electron chi connectivity index (χ2n) is 2.69. The molecule has 0 aliphatic heterocycles. The topological polar surface area (TPSA) is 47.0 Å². The normalized spacial score (nSPS) is 11.4. The third kappa shape index (κ3) is 5.84. The monoisotopic (exact) mass is 221 g/mol. The van der Waals surface area contributed by atoms with Crippen molar-refractivity contribution >= 4 is 5.82 Å². The van der Waals surface area contributed by atoms with Crippen LogP contribution < -0.4 is 5.32 Å². The Balaban J connectivity index is 2.08. The fourth-order valence-corrected chi connectivity index (χ4v) is 0.834. The minimum Gasteiger partial charge on any atom is -0.370 e. The maximum absolute atomic E-state index is 11.6. The maximum atomic E-state index is 11.6. The standard InChI is InChI=1S/C8H10F3N3O/c9-8(10,11)5-15-4-3-13-7-1-2-12-6-14-7/h1-2,6H,3-5H2,(H,12,13,14). The number of nitrogens with zero attached hydrogens (tertiary/aromatic N) is 2. The molecule has 1 aromatic rings. The van der Waals surface area contributed by atoms with Crippen LogP contribution in [0.1, 0.15) is 0 Å². The highest BCUT2D eigenvalue weighted by Crippen LogP contribution is 2.14. The summed E-state index contributed by atoms with van der Waals surface area (Å²) < 4.78 is 39.3. The van der Waals surface area contributed by atoms with Gasteiger partial charge in [0, 0.05) is 12.7 Å². The lowest BCUT2D eigenvalue weighted by Crippen LogP contribution is -2.20. The molecular weight excluding hydrogens is 211 g/mol. The number of nitrogens with one attached hydrogen (secondary N) is 1. The van der Waals surface area contributed by atoms with E-state index < -0.39 is 12.8 Å². The zero-order chi connectivity index (χ0) is 11.1. The highest BCUT2D eigenvalue weighted by atomic mass is 19.4. The van der Waals surface area contributed by atoms with Crippen LogP contribution in [-0.2, 0) is 4.74 Å². The Morgan fingerprint density at radius 1 is 1.40 bits per heavy atom. The summed E-state index contributed by atoms with van der Waals surface area (Å²) in [7, 11) is 0. The van der Waals surface area contributed by atoms with E-state index in [1.54, 1.807) is 6.07 Å². The fourth-order valence-electron chi connectivity index (χ4n) is 0.834. The van der Waals surface area contributed by atoms with Crippen LogP contribution in [0, 0.1) is 0 Å². The lowest BCUT2D eigenvalue weighted by Gasteiger charge is -2.08. The van der Waals surface area contributed by atoms with Crippen molar-refractivity contribution in [3.63, 3.8) is 0 Å². The van der Waals surface area contributed by atoms with Gasteiger partial charge in [0.05, 0.1) is 6.61 Å². The molecule has 0 aromatic carbocycles. The number of anilines is 1. The van der Waals surface area contributed by atoms with Gasteiger partial charge >= 0.3 is 6.18 Å². The largest absolute Gasteiger partial charge is 0.411 e. The smallest absolute Gasteiger partial charge is 0.370 e. The summed E-state index contributed by atoms with van der Waals surface area (Å²) in [4.78, 5) is 7.52. The predicted octanol–water partition coefficient (Wildman–Crippen LogP) is 1.47. The molecule has 7 heteroatoms. The summed E-state index contributed by atoms with van der Waals surface area (Å²) in [6, 6.07) is 1.61. The molecule has 0 saturated carbocycles. The van der Waals surface area contributed by atoms with E-state index in [0.717, 1.165) is 0 Å². The first-order chi connectivity index (χ1) is 7.08. The summed E-state index contributed by atoms with van der Waals surface area (Å²) in [5, 5.41) is 2.79. The molecule has 0 saturated heterocycles. The molecule has 84 valence electrons. The third-order valence-corrected chi connectivity index (χ3v) is 1.40. The second-order valence-corrected chi connectivity index (χ2v) is 2.69. The van der Waals surface area contributed by atoms with Gasteiger partial charge < -0.3 is 10.1 Å². The van der Waals surface area contributed by atoms with E-state index in [0.29, 0.717) is 5.82 Å². The summed E-state index contributed by atoms with van der Waals surface area (Å²) in [6.45, 7) is -0.977. The van der Waals surface area contributed by atoms with Gasteiger partial charge in [-0.05, 0) is 6.07 Å². The average Bonchev–Trinajstić information content (AvgIpc) is 2.17. The number of halogens is 3. The maximum Gasteiger partial charge on any atom is 0.411 e. The number of hydrogen-bond acceptors (Lipinski definition) is 4. The Bertz CT molecular complexity index is 278. The molecule has 0 amide bonds. The van der Waals surface area contributed by atoms with Gasteiger partial charge in [-0.15, -0.1) is 0 Å². The second kappa shape index (κ2) is 5.50. The zero-order valence-corrected chi connectivity index (χ0v) is 7.79. The molecular formula is C8H10F3N3O. The number of rotatable bonds is 5. The van der Waals surface area contributed by atoms with Crippen LogP contribution >= 0.6 is 0 Å². The average molecular weight is 221 g/mol. The Labute approximate surface area is 84.5 Å². The van der Waals surface area contributed by atoms with Gasteiger partial charge in [-0.2, -0.15) is 13.2 Å². The first-order valence-corrected chi connectivity index (χ1v) is 4.22. The zero-order valence-electron chi connectivity index (χ0n) is 7.79. The molecule has 1 rings (SSSR count). The van der Waals surface area contributed by atoms with Crippen molar-refractivity contribution in [3.8, 4) is 0 Å². The molecule has 0 atom stereocenters. The molecule has 0 aliphatic carbocycles. The quantitative estimate of drug-likeness (QED) is 0.765. The number of aromatic nitrogens is 2. The van der Waals surface area contributed by atoms with Crippen molar-refractivity contribution in [2.24, 2.45) is 0 Å². The van der Waals surface area contributed by atoms with Crippen LogP contribution in [0.25, 0.3) is 0 Å². The van der Waals surface area contributed by atoms with Crippen molar-refractivity contribution in [2.45, 2.75) is 6.18 Å². The number of ether oxygens (including phenoxy) is 1. The highest BCUT2D eigenvalue weighted by Gasteiger charge is 2.27. The summed E-state index contributed by atoms with van der Waals surface area (Å²) >= 11 is 0. The molecule has 1 aromatic heterocycles.